The quantitative estimate of drug-likeness (QED) is 0.174. The Morgan fingerprint density at radius 2 is 1.27 bits per heavy atom. The van der Waals surface area contributed by atoms with Crippen LogP contribution in [0.2, 0.25) is 0 Å². The van der Waals surface area contributed by atoms with Gasteiger partial charge in [-0.3, -0.25) is 0 Å². The molecule has 4 heterocycles. The number of nitrogens with zero attached hydrogens (tertiary/aromatic N) is 4. The van der Waals surface area contributed by atoms with E-state index < -0.39 is 0 Å². The standard InChI is InChI=1S/C44H28N4OS2/c1-5-11-39-33(7-1)25-41(50-39)29-17-13-27(14-18-29)36-26-37(28-15-21-31(22-16-28)43-47-34-8-2-4-10-38(34)49-43)46-42(45-36)30-19-23-32(24-20-30)44-48-35-9-3-6-12-40(35)51-44/h1-21,23-26,31H,22H2. The SMILES string of the molecule is C1=CC(c2nc3ccccc3o2)CC=C1c1cc(-c2ccc(-c3cc4ccccc4s3)cc2)nc(-c2ccc(-c3nc4ccccc4s3)cc2)n1. The van der Waals surface area contributed by atoms with E-state index in [-0.39, 0.29) is 5.92 Å². The molecule has 0 radical (unpaired) electrons. The van der Waals surface area contributed by atoms with E-state index in [0.717, 1.165) is 67.6 Å². The summed E-state index contributed by atoms with van der Waals surface area (Å²) in [4.78, 5) is 21.1. The lowest BCUT2D eigenvalue weighted by atomic mass is 9.94. The van der Waals surface area contributed by atoms with Crippen molar-refractivity contribution in [3.63, 3.8) is 0 Å². The summed E-state index contributed by atoms with van der Waals surface area (Å²) in [6.07, 6.45) is 7.32. The number of aromatic nitrogens is 4. The van der Waals surface area contributed by atoms with Gasteiger partial charge in [-0.05, 0) is 65.4 Å². The zero-order valence-corrected chi connectivity index (χ0v) is 28.9. The molecule has 1 unspecified atom stereocenters. The van der Waals surface area contributed by atoms with Gasteiger partial charge in [-0.2, -0.15) is 0 Å². The second kappa shape index (κ2) is 12.4. The molecule has 4 aromatic heterocycles. The summed E-state index contributed by atoms with van der Waals surface area (Å²) >= 11 is 3.52. The molecule has 0 bridgehead atoms. The summed E-state index contributed by atoms with van der Waals surface area (Å²) < 4.78 is 8.58. The van der Waals surface area contributed by atoms with Crippen molar-refractivity contribution in [1.82, 2.24) is 19.9 Å². The van der Waals surface area contributed by atoms with Crippen LogP contribution in [0.5, 0.6) is 0 Å². The maximum Gasteiger partial charge on any atom is 0.202 e. The molecular formula is C44H28N4OS2. The first-order valence-corrected chi connectivity index (χ1v) is 18.5. The van der Waals surface area contributed by atoms with Gasteiger partial charge in [-0.25, -0.2) is 19.9 Å². The van der Waals surface area contributed by atoms with Crippen molar-refractivity contribution in [2.24, 2.45) is 0 Å². The number of thiophene rings is 1. The molecule has 0 saturated heterocycles. The monoisotopic (exact) mass is 692 g/mol. The third kappa shape index (κ3) is 5.66. The molecule has 0 N–H and O–H groups in total. The van der Waals surface area contributed by atoms with E-state index in [1.54, 1.807) is 11.3 Å². The first kappa shape index (κ1) is 29.9. The molecule has 1 aliphatic carbocycles. The van der Waals surface area contributed by atoms with Crippen LogP contribution in [-0.4, -0.2) is 19.9 Å². The molecule has 5 aromatic carbocycles. The Bertz CT molecular complexity index is 2550. The zero-order chi connectivity index (χ0) is 33.7. The van der Waals surface area contributed by atoms with Crippen molar-refractivity contribution in [1.29, 1.82) is 0 Å². The lowest BCUT2D eigenvalue weighted by Gasteiger charge is -2.15. The van der Waals surface area contributed by atoms with Gasteiger partial charge in [0.2, 0.25) is 5.89 Å². The Morgan fingerprint density at radius 3 is 2.06 bits per heavy atom. The third-order valence-electron chi connectivity index (χ3n) is 9.32. The van der Waals surface area contributed by atoms with E-state index in [1.807, 2.05) is 41.7 Å². The molecule has 9 aromatic rings. The maximum absolute atomic E-state index is 6.10. The van der Waals surface area contributed by atoms with Crippen LogP contribution in [0.4, 0.5) is 0 Å². The van der Waals surface area contributed by atoms with Gasteiger partial charge in [0.15, 0.2) is 11.4 Å². The first-order chi connectivity index (χ1) is 25.2. The highest BCUT2D eigenvalue weighted by Crippen LogP contribution is 2.37. The Kier molecular flexibility index (Phi) is 7.25. The number of benzene rings is 5. The minimum Gasteiger partial charge on any atom is -0.440 e. The number of fused-ring (bicyclic) bond motifs is 3. The van der Waals surface area contributed by atoms with Crippen molar-refractivity contribution in [2.45, 2.75) is 12.3 Å². The van der Waals surface area contributed by atoms with Gasteiger partial charge in [-0.15, -0.1) is 22.7 Å². The highest BCUT2D eigenvalue weighted by molar-refractivity contribution is 7.22. The molecule has 0 saturated carbocycles. The van der Waals surface area contributed by atoms with Crippen molar-refractivity contribution in [3.8, 4) is 43.7 Å². The van der Waals surface area contributed by atoms with Crippen LogP contribution in [0.15, 0.2) is 156 Å². The lowest BCUT2D eigenvalue weighted by molar-refractivity contribution is 0.505. The van der Waals surface area contributed by atoms with Crippen LogP contribution in [0.3, 0.4) is 0 Å². The van der Waals surface area contributed by atoms with Gasteiger partial charge in [-0.1, -0.05) is 109 Å². The minimum atomic E-state index is 0.0680. The number of thiazole rings is 1. The summed E-state index contributed by atoms with van der Waals surface area (Å²) in [6.45, 7) is 0. The number of rotatable bonds is 6. The smallest absolute Gasteiger partial charge is 0.202 e. The summed E-state index contributed by atoms with van der Waals surface area (Å²) in [5.74, 6) is 1.49. The highest BCUT2D eigenvalue weighted by atomic mass is 32.1. The fraction of sp³-hybridized carbons (Fsp3) is 0.0455. The number of hydrogen-bond acceptors (Lipinski definition) is 7. The number of oxazole rings is 1. The molecule has 0 amide bonds. The Labute approximate surface area is 302 Å². The number of allylic oxidation sites excluding steroid dienone is 4. The van der Waals surface area contributed by atoms with Crippen LogP contribution in [0.25, 0.3) is 80.6 Å². The molecule has 0 aliphatic heterocycles. The molecule has 0 fully saturated rings. The molecule has 5 nitrogen and oxygen atoms in total. The van der Waals surface area contributed by atoms with Gasteiger partial charge >= 0.3 is 0 Å². The zero-order valence-electron chi connectivity index (χ0n) is 27.2. The van der Waals surface area contributed by atoms with Gasteiger partial charge < -0.3 is 4.42 Å². The molecule has 0 spiro atoms. The van der Waals surface area contributed by atoms with Crippen LogP contribution in [0, 0.1) is 0 Å². The largest absolute Gasteiger partial charge is 0.440 e. The Hall–Kier alpha value is -6.02. The van der Waals surface area contributed by atoms with Crippen LogP contribution in [0.1, 0.15) is 23.9 Å². The second-order valence-electron chi connectivity index (χ2n) is 12.6. The van der Waals surface area contributed by atoms with E-state index in [0.29, 0.717) is 5.82 Å². The number of hydrogen-bond donors (Lipinski definition) is 0. The molecule has 7 heteroatoms. The predicted molar refractivity (Wildman–Crippen MR) is 211 cm³/mol. The molecule has 51 heavy (non-hydrogen) atoms. The Morgan fingerprint density at radius 1 is 0.569 bits per heavy atom. The predicted octanol–water partition coefficient (Wildman–Crippen LogP) is 12.2. The van der Waals surface area contributed by atoms with Crippen molar-refractivity contribution in [2.75, 3.05) is 0 Å². The molecular weight excluding hydrogens is 665 g/mol. The topological polar surface area (TPSA) is 64.7 Å². The van der Waals surface area contributed by atoms with Gasteiger partial charge in [0, 0.05) is 26.3 Å². The fourth-order valence-corrected chi connectivity index (χ4v) is 8.64. The molecule has 10 rings (SSSR count). The van der Waals surface area contributed by atoms with E-state index in [4.69, 9.17) is 24.4 Å². The second-order valence-corrected chi connectivity index (χ2v) is 14.7. The first-order valence-electron chi connectivity index (χ1n) is 16.9. The van der Waals surface area contributed by atoms with E-state index in [9.17, 15) is 0 Å². The average molecular weight is 693 g/mol. The van der Waals surface area contributed by atoms with Gasteiger partial charge in [0.05, 0.1) is 27.5 Å². The lowest BCUT2D eigenvalue weighted by Crippen LogP contribution is -2.02. The maximum atomic E-state index is 6.10. The van der Waals surface area contributed by atoms with Crippen LogP contribution < -0.4 is 0 Å². The van der Waals surface area contributed by atoms with Gasteiger partial charge in [0.25, 0.3) is 0 Å². The molecule has 1 aliphatic rings. The number of para-hydroxylation sites is 3. The summed E-state index contributed by atoms with van der Waals surface area (Å²) in [5, 5.41) is 2.27. The van der Waals surface area contributed by atoms with Gasteiger partial charge in [0.1, 0.15) is 10.5 Å². The normalized spacial score (nSPS) is 14.4. The van der Waals surface area contributed by atoms with E-state index >= 15 is 0 Å². The van der Waals surface area contributed by atoms with E-state index in [2.05, 4.69) is 121 Å². The third-order valence-corrected chi connectivity index (χ3v) is 11.6. The summed E-state index contributed by atoms with van der Waals surface area (Å²) in [5.41, 5.74) is 9.80. The molecule has 242 valence electrons. The van der Waals surface area contributed by atoms with Crippen molar-refractivity contribution < 1.29 is 4.42 Å². The summed E-state index contributed by atoms with van der Waals surface area (Å²) in [7, 11) is 0. The Balaban J connectivity index is 1.00. The van der Waals surface area contributed by atoms with Crippen LogP contribution in [-0.2, 0) is 0 Å². The minimum absolute atomic E-state index is 0.0680. The highest BCUT2D eigenvalue weighted by Gasteiger charge is 2.20. The molecule has 1 atom stereocenters. The summed E-state index contributed by atoms with van der Waals surface area (Å²) in [6, 6.07) is 46.2. The average Bonchev–Trinajstić information content (AvgIpc) is 3.95. The van der Waals surface area contributed by atoms with Crippen molar-refractivity contribution >= 4 is 59.6 Å². The fourth-order valence-electron chi connectivity index (χ4n) is 6.60. The van der Waals surface area contributed by atoms with Crippen LogP contribution >= 0.6 is 22.7 Å². The van der Waals surface area contributed by atoms with Crippen molar-refractivity contribution in [3.05, 3.63) is 163 Å². The van der Waals surface area contributed by atoms with E-state index in [1.165, 1.54) is 25.2 Å².